The number of aromatic nitrogens is 1. The van der Waals surface area contributed by atoms with E-state index in [0.717, 1.165) is 50.1 Å². The van der Waals surface area contributed by atoms with Crippen LogP contribution in [0.25, 0.3) is 0 Å². The van der Waals surface area contributed by atoms with Gasteiger partial charge >= 0.3 is 0 Å². The molecule has 0 bridgehead atoms. The van der Waals surface area contributed by atoms with E-state index >= 15 is 0 Å². The van der Waals surface area contributed by atoms with Crippen molar-refractivity contribution in [2.24, 2.45) is 0 Å². The molecule has 2 rings (SSSR count). The molecule has 2 heterocycles. The zero-order valence-electron chi connectivity index (χ0n) is 10.6. The van der Waals surface area contributed by atoms with E-state index < -0.39 is 0 Å². The normalized spacial score (nSPS) is 20.8. The third kappa shape index (κ3) is 3.64. The zero-order valence-corrected chi connectivity index (χ0v) is 11.4. The van der Waals surface area contributed by atoms with Crippen molar-refractivity contribution in [1.29, 1.82) is 0 Å². The summed E-state index contributed by atoms with van der Waals surface area (Å²) in [6, 6.07) is 0.783. The molecule has 1 aliphatic rings. The Morgan fingerprint density at radius 3 is 3.29 bits per heavy atom. The Hall–Kier alpha value is -0.680. The zero-order chi connectivity index (χ0) is 12.1. The van der Waals surface area contributed by atoms with E-state index in [-0.39, 0.29) is 0 Å². The first kappa shape index (κ1) is 12.8. The van der Waals surface area contributed by atoms with Gasteiger partial charge in [0.2, 0.25) is 0 Å². The molecule has 0 saturated carbocycles. The maximum atomic E-state index is 5.55. The lowest BCUT2D eigenvalue weighted by Crippen LogP contribution is -2.36. The molecule has 5 heteroatoms. The summed E-state index contributed by atoms with van der Waals surface area (Å²) < 4.78 is 5.55. The molecule has 1 unspecified atom stereocenters. The fraction of sp³-hybridized carbons (Fsp3) is 0.750. The number of nitrogens with one attached hydrogen (secondary N) is 1. The van der Waals surface area contributed by atoms with E-state index in [0.29, 0.717) is 5.25 Å². The van der Waals surface area contributed by atoms with Gasteiger partial charge < -0.3 is 14.6 Å². The summed E-state index contributed by atoms with van der Waals surface area (Å²) in [5.74, 6) is 1.16. The van der Waals surface area contributed by atoms with E-state index in [4.69, 9.17) is 4.42 Å². The highest BCUT2D eigenvalue weighted by atomic mass is 32.2. The number of thioether (sulfide) groups is 1. The molecule has 17 heavy (non-hydrogen) atoms. The van der Waals surface area contributed by atoms with Gasteiger partial charge in [0.25, 0.3) is 6.01 Å². The lowest BCUT2D eigenvalue weighted by atomic mass is 10.4. The molecular formula is C12H21N3OS. The summed E-state index contributed by atoms with van der Waals surface area (Å²) in [6.07, 6.45) is 2.91. The third-order valence-electron chi connectivity index (χ3n) is 2.78. The molecular weight excluding hydrogens is 234 g/mol. The molecule has 0 aromatic carbocycles. The largest absolute Gasteiger partial charge is 0.432 e. The first-order valence-electron chi connectivity index (χ1n) is 6.31. The summed E-state index contributed by atoms with van der Waals surface area (Å²) in [4.78, 5) is 6.77. The lowest BCUT2D eigenvalue weighted by molar-refractivity contribution is 0.532. The average Bonchev–Trinajstić information content (AvgIpc) is 2.78. The molecule has 0 radical (unpaired) electrons. The Kier molecular flexibility index (Phi) is 4.74. The van der Waals surface area contributed by atoms with Crippen molar-refractivity contribution in [3.63, 3.8) is 0 Å². The van der Waals surface area contributed by atoms with E-state index in [1.807, 2.05) is 11.8 Å². The number of anilines is 1. The minimum atomic E-state index is 0.664. The van der Waals surface area contributed by atoms with E-state index in [1.165, 1.54) is 0 Å². The second-order valence-electron chi connectivity index (χ2n) is 4.43. The van der Waals surface area contributed by atoms with Crippen LogP contribution in [0.15, 0.2) is 10.7 Å². The van der Waals surface area contributed by atoms with Crippen LogP contribution in [0.2, 0.25) is 0 Å². The molecule has 1 aliphatic heterocycles. The maximum absolute atomic E-state index is 5.55. The Morgan fingerprint density at radius 2 is 2.53 bits per heavy atom. The van der Waals surface area contributed by atoms with Gasteiger partial charge in [-0.2, -0.15) is 16.7 Å². The van der Waals surface area contributed by atoms with Crippen LogP contribution in [0.1, 0.15) is 26.0 Å². The van der Waals surface area contributed by atoms with Crippen molar-refractivity contribution in [1.82, 2.24) is 10.3 Å². The van der Waals surface area contributed by atoms with Gasteiger partial charge in [-0.3, -0.25) is 0 Å². The minimum absolute atomic E-state index is 0.664. The molecule has 1 atom stereocenters. The molecule has 96 valence electrons. The molecule has 0 spiro atoms. The second kappa shape index (κ2) is 6.31. The SMILES string of the molecule is CCCNCc1coc(N2CCSC(C)C2)n1. The van der Waals surface area contributed by atoms with E-state index in [2.05, 4.69) is 29.0 Å². The molecule has 0 amide bonds. The van der Waals surface area contributed by atoms with Gasteiger partial charge in [0.1, 0.15) is 6.26 Å². The maximum Gasteiger partial charge on any atom is 0.297 e. The first-order chi connectivity index (χ1) is 8.29. The number of rotatable bonds is 5. The highest BCUT2D eigenvalue weighted by Gasteiger charge is 2.20. The summed E-state index contributed by atoms with van der Waals surface area (Å²) in [6.45, 7) is 8.32. The fourth-order valence-corrected chi connectivity index (χ4v) is 2.92. The van der Waals surface area contributed by atoms with Crippen LogP contribution in [0.4, 0.5) is 6.01 Å². The second-order valence-corrected chi connectivity index (χ2v) is 5.97. The van der Waals surface area contributed by atoms with E-state index in [1.54, 1.807) is 6.26 Å². The minimum Gasteiger partial charge on any atom is -0.432 e. The summed E-state index contributed by atoms with van der Waals surface area (Å²) in [5.41, 5.74) is 0.999. The highest BCUT2D eigenvalue weighted by Crippen LogP contribution is 2.23. The van der Waals surface area contributed by atoms with Gasteiger partial charge in [-0.1, -0.05) is 13.8 Å². The summed E-state index contributed by atoms with van der Waals surface area (Å²) in [7, 11) is 0. The van der Waals surface area contributed by atoms with Gasteiger partial charge in [0, 0.05) is 30.6 Å². The standard InChI is InChI=1S/C12H21N3OS/c1-3-4-13-7-11-9-16-12(14-11)15-5-6-17-10(2)8-15/h9-10,13H,3-8H2,1-2H3. The Bertz CT molecular complexity index is 342. The van der Waals surface area contributed by atoms with Crippen molar-refractivity contribution in [3.8, 4) is 0 Å². The molecule has 1 fully saturated rings. The molecule has 0 aliphatic carbocycles. The summed E-state index contributed by atoms with van der Waals surface area (Å²) >= 11 is 2.02. The molecule has 1 aromatic rings. The Balaban J connectivity index is 1.88. The Morgan fingerprint density at radius 1 is 1.65 bits per heavy atom. The van der Waals surface area contributed by atoms with Gasteiger partial charge in [0.05, 0.1) is 5.69 Å². The van der Waals surface area contributed by atoms with Crippen molar-refractivity contribution >= 4 is 17.8 Å². The topological polar surface area (TPSA) is 41.3 Å². The van der Waals surface area contributed by atoms with Crippen molar-refractivity contribution in [2.75, 3.05) is 30.3 Å². The quantitative estimate of drug-likeness (QED) is 0.816. The van der Waals surface area contributed by atoms with Crippen LogP contribution in [0.3, 0.4) is 0 Å². The first-order valence-corrected chi connectivity index (χ1v) is 7.36. The van der Waals surface area contributed by atoms with Crippen LogP contribution in [-0.2, 0) is 6.54 Å². The highest BCUT2D eigenvalue weighted by molar-refractivity contribution is 8.00. The van der Waals surface area contributed by atoms with Gasteiger partial charge in [0.15, 0.2) is 0 Å². The predicted octanol–water partition coefficient (Wildman–Crippen LogP) is 2.12. The molecule has 1 aromatic heterocycles. The third-order valence-corrected chi connectivity index (χ3v) is 3.92. The van der Waals surface area contributed by atoms with Crippen molar-refractivity contribution in [3.05, 3.63) is 12.0 Å². The number of oxazole rings is 1. The van der Waals surface area contributed by atoms with Crippen molar-refractivity contribution in [2.45, 2.75) is 32.1 Å². The van der Waals surface area contributed by atoms with Crippen LogP contribution >= 0.6 is 11.8 Å². The number of hydrogen-bond acceptors (Lipinski definition) is 5. The van der Waals surface area contributed by atoms with Crippen LogP contribution in [0.5, 0.6) is 0 Å². The smallest absolute Gasteiger partial charge is 0.297 e. The summed E-state index contributed by atoms with van der Waals surface area (Å²) in [5, 5.41) is 4.00. The van der Waals surface area contributed by atoms with Gasteiger partial charge in [-0.05, 0) is 13.0 Å². The number of nitrogens with zero attached hydrogens (tertiary/aromatic N) is 2. The molecule has 4 nitrogen and oxygen atoms in total. The average molecular weight is 255 g/mol. The van der Waals surface area contributed by atoms with Gasteiger partial charge in [-0.25, -0.2) is 0 Å². The fourth-order valence-electron chi connectivity index (χ4n) is 1.91. The lowest BCUT2D eigenvalue weighted by Gasteiger charge is -2.28. The van der Waals surface area contributed by atoms with Crippen LogP contribution in [0, 0.1) is 0 Å². The predicted molar refractivity (Wildman–Crippen MR) is 72.6 cm³/mol. The van der Waals surface area contributed by atoms with Gasteiger partial charge in [-0.15, -0.1) is 0 Å². The number of hydrogen-bond donors (Lipinski definition) is 1. The van der Waals surface area contributed by atoms with Crippen LogP contribution < -0.4 is 10.2 Å². The Labute approximate surface area is 107 Å². The van der Waals surface area contributed by atoms with Crippen molar-refractivity contribution < 1.29 is 4.42 Å². The molecule has 1 saturated heterocycles. The molecule has 1 N–H and O–H groups in total. The monoisotopic (exact) mass is 255 g/mol. The van der Waals surface area contributed by atoms with E-state index in [9.17, 15) is 0 Å². The van der Waals surface area contributed by atoms with Crippen LogP contribution in [-0.4, -0.2) is 35.6 Å².